The van der Waals surface area contributed by atoms with E-state index >= 15 is 0 Å². The predicted octanol–water partition coefficient (Wildman–Crippen LogP) is 12.6. The molecule has 0 N–H and O–H groups in total. The van der Waals surface area contributed by atoms with Crippen LogP contribution >= 0.6 is 0 Å². The molecule has 12 aromatic rings. The van der Waals surface area contributed by atoms with Crippen molar-refractivity contribution in [1.82, 2.24) is 39.0 Å². The molecule has 0 atom stereocenters. The lowest BCUT2D eigenvalue weighted by molar-refractivity contribution is 0.953. The molecule has 12 rings (SSSR count). The third-order valence-electron chi connectivity index (χ3n) is 11.4. The van der Waals surface area contributed by atoms with E-state index in [9.17, 15) is 0 Å². The van der Waals surface area contributed by atoms with Crippen LogP contribution < -0.4 is 0 Å². The van der Waals surface area contributed by atoms with Crippen molar-refractivity contribution in [3.63, 3.8) is 0 Å². The van der Waals surface area contributed by atoms with Gasteiger partial charge in [-0.25, -0.2) is 19.9 Å². The third-order valence-corrected chi connectivity index (χ3v) is 11.4. The van der Waals surface area contributed by atoms with Gasteiger partial charge in [0.15, 0.2) is 29.1 Å². The van der Waals surface area contributed by atoms with E-state index in [-0.39, 0.29) is 0 Å². The van der Waals surface area contributed by atoms with Crippen molar-refractivity contribution < 1.29 is 0 Å². The van der Waals surface area contributed by atoms with Crippen LogP contribution in [-0.2, 0) is 0 Å². The van der Waals surface area contributed by atoms with Crippen molar-refractivity contribution >= 4 is 43.6 Å². The highest BCUT2D eigenvalue weighted by molar-refractivity contribution is 6.23. The maximum absolute atomic E-state index is 5.34. The number of fused-ring (bicyclic) bond motifs is 7. The van der Waals surface area contributed by atoms with Crippen LogP contribution in [0.4, 0.5) is 0 Å². The van der Waals surface area contributed by atoms with Crippen molar-refractivity contribution in [2.24, 2.45) is 0 Å². The minimum atomic E-state index is 0.527. The van der Waals surface area contributed by atoms with E-state index in [0.717, 1.165) is 71.7 Å². The number of hydrogen-bond acceptors (Lipinski definition) is 6. The fraction of sp³-hybridized carbons (Fsp3) is 0. The third kappa shape index (κ3) is 5.92. The van der Waals surface area contributed by atoms with Gasteiger partial charge in [-0.05, 0) is 24.3 Å². The van der Waals surface area contributed by atoms with E-state index in [1.54, 1.807) is 0 Å². The Bertz CT molecular complexity index is 3540. The SMILES string of the molecule is c1ccc(-c2nc(-c3ccccc3)nc(-c3ccc(-c4nc(-c5ccccc5)nc(-n5c6ccccc6c6ccc7c8ccccc8n(-c8ccccc8)c7c65)n4)cc3)n2)cc1. The number of nitrogens with zero attached hydrogens (tertiary/aromatic N) is 8. The summed E-state index contributed by atoms with van der Waals surface area (Å²) in [4.78, 5) is 30.6. The predicted molar refractivity (Wildman–Crippen MR) is 249 cm³/mol. The minimum absolute atomic E-state index is 0.527. The highest BCUT2D eigenvalue weighted by Crippen LogP contribution is 2.41. The standard InChI is InChI=1S/C54H34N8/c1-5-17-35(18-6-1)49-55-50(36-19-7-2-8-20-36)57-51(56-49)38-29-31-39(32-30-38)53-58-52(37-21-9-3-10-22-37)59-54(60-53)62-46-28-16-14-26-42(46)44-34-33-43-41-25-13-15-27-45(41)61(47(43)48(44)62)40-23-11-4-12-24-40/h1-34H. The molecule has 0 unspecified atom stereocenters. The summed E-state index contributed by atoms with van der Waals surface area (Å²) < 4.78 is 4.59. The smallest absolute Gasteiger partial charge is 0.238 e. The van der Waals surface area contributed by atoms with Gasteiger partial charge in [-0.2, -0.15) is 9.97 Å². The van der Waals surface area contributed by atoms with E-state index in [0.29, 0.717) is 35.1 Å². The van der Waals surface area contributed by atoms with Gasteiger partial charge < -0.3 is 4.57 Å². The molecule has 0 bridgehead atoms. The van der Waals surface area contributed by atoms with Crippen LogP contribution in [0.15, 0.2) is 206 Å². The van der Waals surface area contributed by atoms with Crippen molar-refractivity contribution in [3.05, 3.63) is 206 Å². The summed E-state index contributed by atoms with van der Waals surface area (Å²) in [5.41, 5.74) is 9.73. The van der Waals surface area contributed by atoms with Crippen molar-refractivity contribution in [2.75, 3.05) is 0 Å². The number of hydrogen-bond donors (Lipinski definition) is 0. The van der Waals surface area contributed by atoms with Gasteiger partial charge in [0, 0.05) is 55.0 Å². The quantitative estimate of drug-likeness (QED) is 0.160. The monoisotopic (exact) mass is 794 g/mol. The van der Waals surface area contributed by atoms with Gasteiger partial charge in [0.1, 0.15) is 0 Å². The highest BCUT2D eigenvalue weighted by atomic mass is 15.2. The van der Waals surface area contributed by atoms with Gasteiger partial charge in [0.25, 0.3) is 0 Å². The fourth-order valence-electron chi connectivity index (χ4n) is 8.57. The second-order valence-electron chi connectivity index (χ2n) is 15.2. The lowest BCUT2D eigenvalue weighted by atomic mass is 10.1. The average molecular weight is 795 g/mol. The Labute approximate surface area is 356 Å². The van der Waals surface area contributed by atoms with Crippen LogP contribution in [0.3, 0.4) is 0 Å². The molecule has 0 saturated carbocycles. The summed E-state index contributed by atoms with van der Waals surface area (Å²) in [6.07, 6.45) is 0. The summed E-state index contributed by atoms with van der Waals surface area (Å²) in [6, 6.07) is 70.4. The summed E-state index contributed by atoms with van der Waals surface area (Å²) in [7, 11) is 0. The second-order valence-corrected chi connectivity index (χ2v) is 15.2. The van der Waals surface area contributed by atoms with Crippen LogP contribution in [0, 0.1) is 0 Å². The zero-order chi connectivity index (χ0) is 41.0. The Morgan fingerprint density at radius 1 is 0.242 bits per heavy atom. The summed E-state index contributed by atoms with van der Waals surface area (Å²) >= 11 is 0. The van der Waals surface area contributed by atoms with Gasteiger partial charge in [0.05, 0.1) is 22.1 Å². The Balaban J connectivity index is 1.08. The normalized spacial score (nSPS) is 11.5. The summed E-state index contributed by atoms with van der Waals surface area (Å²) in [5.74, 6) is 3.45. The molecule has 0 aliphatic rings. The first-order valence-electron chi connectivity index (χ1n) is 20.6. The maximum Gasteiger partial charge on any atom is 0.238 e. The molecule has 0 fully saturated rings. The molecule has 4 heterocycles. The Kier molecular flexibility index (Phi) is 8.31. The molecule has 0 spiro atoms. The minimum Gasteiger partial charge on any atom is -0.307 e. The summed E-state index contributed by atoms with van der Waals surface area (Å²) in [6.45, 7) is 0. The average Bonchev–Trinajstić information content (AvgIpc) is 3.88. The molecule has 0 saturated heterocycles. The summed E-state index contributed by atoms with van der Waals surface area (Å²) in [5, 5.41) is 4.56. The maximum atomic E-state index is 5.34. The molecule has 0 amide bonds. The van der Waals surface area contributed by atoms with Gasteiger partial charge in [-0.15, -0.1) is 0 Å². The molecular formula is C54H34N8. The molecule has 0 radical (unpaired) electrons. The lowest BCUT2D eigenvalue weighted by Gasteiger charge is -2.13. The lowest BCUT2D eigenvalue weighted by Crippen LogP contribution is -2.07. The van der Waals surface area contributed by atoms with Crippen LogP contribution in [0.25, 0.3) is 112 Å². The number of rotatable bonds is 7. The molecule has 290 valence electrons. The van der Waals surface area contributed by atoms with Crippen LogP contribution in [0.5, 0.6) is 0 Å². The molecular weight excluding hydrogens is 761 g/mol. The number of aromatic nitrogens is 8. The van der Waals surface area contributed by atoms with E-state index in [2.05, 4.69) is 100 Å². The Morgan fingerprint density at radius 2 is 0.565 bits per heavy atom. The zero-order valence-electron chi connectivity index (χ0n) is 33.2. The molecule has 8 aromatic carbocycles. The van der Waals surface area contributed by atoms with E-state index in [1.807, 2.05) is 115 Å². The molecule has 0 aliphatic heterocycles. The van der Waals surface area contributed by atoms with Crippen LogP contribution in [-0.4, -0.2) is 39.0 Å². The Morgan fingerprint density at radius 3 is 1.00 bits per heavy atom. The van der Waals surface area contributed by atoms with E-state index in [4.69, 9.17) is 29.9 Å². The number of benzene rings is 8. The largest absolute Gasteiger partial charge is 0.307 e. The van der Waals surface area contributed by atoms with Gasteiger partial charge in [-0.3, -0.25) is 4.57 Å². The molecule has 8 nitrogen and oxygen atoms in total. The highest BCUT2D eigenvalue weighted by Gasteiger charge is 2.23. The Hall–Kier alpha value is -8.62. The molecule has 8 heteroatoms. The van der Waals surface area contributed by atoms with E-state index < -0.39 is 0 Å². The topological polar surface area (TPSA) is 87.2 Å². The van der Waals surface area contributed by atoms with Crippen molar-refractivity contribution in [3.8, 4) is 68.6 Å². The van der Waals surface area contributed by atoms with Gasteiger partial charge >= 0.3 is 0 Å². The van der Waals surface area contributed by atoms with Gasteiger partial charge in [-0.1, -0.05) is 182 Å². The number of para-hydroxylation sites is 3. The molecule has 62 heavy (non-hydrogen) atoms. The van der Waals surface area contributed by atoms with E-state index in [1.165, 1.54) is 5.39 Å². The van der Waals surface area contributed by atoms with Crippen LogP contribution in [0.2, 0.25) is 0 Å². The van der Waals surface area contributed by atoms with Crippen LogP contribution in [0.1, 0.15) is 0 Å². The fourth-order valence-corrected chi connectivity index (χ4v) is 8.57. The van der Waals surface area contributed by atoms with Crippen molar-refractivity contribution in [2.45, 2.75) is 0 Å². The van der Waals surface area contributed by atoms with Crippen molar-refractivity contribution in [1.29, 1.82) is 0 Å². The first-order valence-corrected chi connectivity index (χ1v) is 20.6. The van der Waals surface area contributed by atoms with Gasteiger partial charge in [0.2, 0.25) is 5.95 Å². The molecule has 4 aromatic heterocycles. The second kappa shape index (κ2) is 14.6. The molecule has 0 aliphatic carbocycles. The first-order chi connectivity index (χ1) is 30.7. The zero-order valence-corrected chi connectivity index (χ0v) is 33.2. The first kappa shape index (κ1) is 35.3.